The number of hydrogen-bond acceptors (Lipinski definition) is 3. The first-order valence-corrected chi connectivity index (χ1v) is 8.38. The minimum Gasteiger partial charge on any atom is -0.324 e. The Kier molecular flexibility index (Phi) is 3.42. The third-order valence-corrected chi connectivity index (χ3v) is 4.70. The van der Waals surface area contributed by atoms with Gasteiger partial charge < -0.3 is 5.73 Å². The molecule has 2 aromatic heterocycles. The van der Waals surface area contributed by atoms with Crippen molar-refractivity contribution in [2.24, 2.45) is 5.73 Å². The van der Waals surface area contributed by atoms with Gasteiger partial charge in [0.1, 0.15) is 0 Å². The third-order valence-electron chi connectivity index (χ3n) is 4.70. The summed E-state index contributed by atoms with van der Waals surface area (Å²) in [7, 11) is 0. The van der Waals surface area contributed by atoms with Gasteiger partial charge in [-0.1, -0.05) is 32.0 Å². The summed E-state index contributed by atoms with van der Waals surface area (Å²) in [5.74, 6) is 1.26. The van der Waals surface area contributed by atoms with Gasteiger partial charge >= 0.3 is 0 Å². The van der Waals surface area contributed by atoms with E-state index in [4.69, 9.17) is 15.8 Å². The van der Waals surface area contributed by atoms with E-state index in [0.717, 1.165) is 41.7 Å². The van der Waals surface area contributed by atoms with Gasteiger partial charge in [-0.3, -0.25) is 0 Å². The second kappa shape index (κ2) is 5.46. The number of fused-ring (bicyclic) bond motifs is 2. The van der Waals surface area contributed by atoms with E-state index in [1.54, 1.807) is 0 Å². The molecule has 118 valence electrons. The molecule has 1 aliphatic rings. The Morgan fingerprint density at radius 2 is 2.00 bits per heavy atom. The molecule has 0 radical (unpaired) electrons. The first-order chi connectivity index (χ1) is 11.1. The number of rotatable bonds is 2. The monoisotopic (exact) mass is 306 g/mol. The molecule has 1 aromatic carbocycles. The van der Waals surface area contributed by atoms with Crippen LogP contribution < -0.4 is 5.73 Å². The molecule has 23 heavy (non-hydrogen) atoms. The molecule has 0 saturated carbocycles. The molecule has 1 atom stereocenters. The first kappa shape index (κ1) is 14.4. The van der Waals surface area contributed by atoms with Crippen LogP contribution in [-0.4, -0.2) is 14.8 Å². The van der Waals surface area contributed by atoms with Crippen molar-refractivity contribution in [3.05, 3.63) is 53.3 Å². The van der Waals surface area contributed by atoms with Crippen LogP contribution in [0, 0.1) is 0 Å². The van der Waals surface area contributed by atoms with Crippen LogP contribution in [0.25, 0.3) is 16.7 Å². The average Bonchev–Trinajstić information content (AvgIpc) is 2.96. The van der Waals surface area contributed by atoms with E-state index in [0.29, 0.717) is 5.92 Å². The molecule has 4 heteroatoms. The number of aromatic nitrogens is 3. The quantitative estimate of drug-likeness (QED) is 0.781. The molecule has 0 saturated heterocycles. The molecule has 2 heterocycles. The number of pyridine rings is 1. The Morgan fingerprint density at radius 1 is 1.17 bits per heavy atom. The fourth-order valence-electron chi connectivity index (χ4n) is 3.55. The predicted octanol–water partition coefficient (Wildman–Crippen LogP) is 3.88. The van der Waals surface area contributed by atoms with E-state index in [9.17, 15) is 0 Å². The summed E-state index contributed by atoms with van der Waals surface area (Å²) in [5.41, 5.74) is 11.0. The van der Waals surface area contributed by atoms with Gasteiger partial charge in [0.25, 0.3) is 0 Å². The summed E-state index contributed by atoms with van der Waals surface area (Å²) in [6.45, 7) is 4.37. The van der Waals surface area contributed by atoms with Crippen molar-refractivity contribution in [1.29, 1.82) is 0 Å². The SMILES string of the molecule is CC(C)c1nn(-c2ccc3ccccc3n2)c2c1C(N)CCC2. The maximum absolute atomic E-state index is 6.39. The van der Waals surface area contributed by atoms with Gasteiger partial charge in [0, 0.05) is 17.0 Å². The van der Waals surface area contributed by atoms with Crippen LogP contribution in [0.1, 0.15) is 55.6 Å². The fraction of sp³-hybridized carbons (Fsp3) is 0.368. The molecule has 0 fully saturated rings. The minimum atomic E-state index is 0.102. The topological polar surface area (TPSA) is 56.7 Å². The lowest BCUT2D eigenvalue weighted by Crippen LogP contribution is -2.19. The number of nitrogens with zero attached hydrogens (tertiary/aromatic N) is 3. The molecule has 4 rings (SSSR count). The van der Waals surface area contributed by atoms with Crippen LogP contribution in [0.15, 0.2) is 36.4 Å². The zero-order chi connectivity index (χ0) is 16.0. The Balaban J connectivity index is 1.92. The summed E-state index contributed by atoms with van der Waals surface area (Å²) >= 11 is 0. The maximum atomic E-state index is 6.39. The zero-order valence-corrected chi connectivity index (χ0v) is 13.7. The van der Waals surface area contributed by atoms with E-state index in [1.807, 2.05) is 22.9 Å². The standard InChI is InChI=1S/C19H22N4/c1-12(2)19-18-14(20)7-5-9-16(18)23(22-19)17-11-10-13-6-3-4-8-15(13)21-17/h3-4,6,8,10-12,14H,5,7,9,20H2,1-2H3. The summed E-state index contributed by atoms with van der Waals surface area (Å²) in [6, 6.07) is 12.5. The van der Waals surface area contributed by atoms with Crippen LogP contribution in [0.3, 0.4) is 0 Å². The van der Waals surface area contributed by atoms with Gasteiger partial charge in [0.2, 0.25) is 0 Å². The lowest BCUT2D eigenvalue weighted by Gasteiger charge is -2.21. The van der Waals surface area contributed by atoms with Crippen LogP contribution in [-0.2, 0) is 6.42 Å². The summed E-state index contributed by atoms with van der Waals surface area (Å²) < 4.78 is 2.02. The number of benzene rings is 1. The largest absolute Gasteiger partial charge is 0.324 e. The third kappa shape index (κ3) is 2.34. The highest BCUT2D eigenvalue weighted by molar-refractivity contribution is 5.79. The molecule has 2 N–H and O–H groups in total. The van der Waals surface area contributed by atoms with Gasteiger partial charge in [0.05, 0.1) is 16.9 Å². The number of hydrogen-bond donors (Lipinski definition) is 1. The normalized spacial score (nSPS) is 17.7. The van der Waals surface area contributed by atoms with Crippen LogP contribution in [0.5, 0.6) is 0 Å². The highest BCUT2D eigenvalue weighted by atomic mass is 15.3. The lowest BCUT2D eigenvalue weighted by atomic mass is 9.89. The Labute approximate surface area is 136 Å². The maximum Gasteiger partial charge on any atom is 0.154 e. The molecule has 0 bridgehead atoms. The van der Waals surface area contributed by atoms with Crippen LogP contribution in [0.2, 0.25) is 0 Å². The highest BCUT2D eigenvalue weighted by Crippen LogP contribution is 2.35. The van der Waals surface area contributed by atoms with Gasteiger partial charge in [-0.15, -0.1) is 0 Å². The first-order valence-electron chi connectivity index (χ1n) is 8.38. The number of para-hydroxylation sites is 1. The van der Waals surface area contributed by atoms with Crippen molar-refractivity contribution in [3.8, 4) is 5.82 Å². The molecule has 0 amide bonds. The van der Waals surface area contributed by atoms with E-state index in [1.165, 1.54) is 11.3 Å². The molecule has 1 aliphatic carbocycles. The summed E-state index contributed by atoms with van der Waals surface area (Å²) in [6.07, 6.45) is 3.19. The van der Waals surface area contributed by atoms with Crippen molar-refractivity contribution in [1.82, 2.24) is 14.8 Å². The van der Waals surface area contributed by atoms with E-state index in [2.05, 4.69) is 32.0 Å². The second-order valence-electron chi connectivity index (χ2n) is 6.67. The van der Waals surface area contributed by atoms with Crippen molar-refractivity contribution in [2.75, 3.05) is 0 Å². The van der Waals surface area contributed by atoms with Gasteiger partial charge in [-0.05, 0) is 43.4 Å². The molecule has 3 aromatic rings. The lowest BCUT2D eigenvalue weighted by molar-refractivity contribution is 0.553. The molecular weight excluding hydrogens is 284 g/mol. The van der Waals surface area contributed by atoms with Crippen LogP contribution in [0.4, 0.5) is 0 Å². The van der Waals surface area contributed by atoms with Crippen molar-refractivity contribution in [3.63, 3.8) is 0 Å². The number of nitrogens with two attached hydrogens (primary N) is 1. The molecule has 0 spiro atoms. The Hall–Kier alpha value is -2.20. The average molecular weight is 306 g/mol. The van der Waals surface area contributed by atoms with Gasteiger partial charge in [-0.2, -0.15) is 5.10 Å². The van der Waals surface area contributed by atoms with Gasteiger partial charge in [0.15, 0.2) is 5.82 Å². The summed E-state index contributed by atoms with van der Waals surface area (Å²) in [4.78, 5) is 4.81. The predicted molar refractivity (Wildman–Crippen MR) is 92.8 cm³/mol. The molecule has 1 unspecified atom stereocenters. The van der Waals surface area contributed by atoms with Crippen molar-refractivity contribution < 1.29 is 0 Å². The molecular formula is C19H22N4. The fourth-order valence-corrected chi connectivity index (χ4v) is 3.55. The van der Waals surface area contributed by atoms with E-state index >= 15 is 0 Å². The Morgan fingerprint density at radius 3 is 2.83 bits per heavy atom. The smallest absolute Gasteiger partial charge is 0.154 e. The summed E-state index contributed by atoms with van der Waals surface area (Å²) in [5, 5.41) is 6.04. The van der Waals surface area contributed by atoms with Gasteiger partial charge in [-0.25, -0.2) is 9.67 Å². The van der Waals surface area contributed by atoms with E-state index in [-0.39, 0.29) is 6.04 Å². The molecule has 0 aliphatic heterocycles. The van der Waals surface area contributed by atoms with Crippen LogP contribution >= 0.6 is 0 Å². The highest BCUT2D eigenvalue weighted by Gasteiger charge is 2.28. The minimum absolute atomic E-state index is 0.102. The Bertz CT molecular complexity index is 863. The van der Waals surface area contributed by atoms with Crippen molar-refractivity contribution in [2.45, 2.75) is 45.1 Å². The molecule has 4 nitrogen and oxygen atoms in total. The van der Waals surface area contributed by atoms with E-state index < -0.39 is 0 Å². The zero-order valence-electron chi connectivity index (χ0n) is 13.7. The second-order valence-corrected chi connectivity index (χ2v) is 6.67. The van der Waals surface area contributed by atoms with Crippen molar-refractivity contribution >= 4 is 10.9 Å².